The Labute approximate surface area is 151 Å². The lowest BCUT2D eigenvalue weighted by Crippen LogP contribution is -2.56. The van der Waals surface area contributed by atoms with Crippen LogP contribution in [0.1, 0.15) is 36.8 Å². The smallest absolute Gasteiger partial charge is 0.252 e. The molecule has 2 amide bonds. The second-order valence-electron chi connectivity index (χ2n) is 6.50. The zero-order valence-corrected chi connectivity index (χ0v) is 15.0. The van der Waals surface area contributed by atoms with Gasteiger partial charge in [0.2, 0.25) is 5.91 Å². The number of hydrogen-bond donors (Lipinski definition) is 1. The number of nitrogens with zero attached hydrogens (tertiary/aromatic N) is 3. The molecular weight excluding hydrogens is 336 g/mol. The van der Waals surface area contributed by atoms with Gasteiger partial charge in [-0.1, -0.05) is 40.6 Å². The molecule has 0 bridgehead atoms. The maximum absolute atomic E-state index is 12.8. The average molecular weight is 358 g/mol. The number of nitrogens with one attached hydrogen (secondary N) is 1. The van der Waals surface area contributed by atoms with E-state index >= 15 is 0 Å². The molecule has 8 heteroatoms. The van der Waals surface area contributed by atoms with Crippen molar-refractivity contribution in [2.45, 2.75) is 45.5 Å². The van der Waals surface area contributed by atoms with E-state index in [9.17, 15) is 9.59 Å². The second-order valence-corrected chi connectivity index (χ2v) is 6.50. The van der Waals surface area contributed by atoms with Gasteiger partial charge in [-0.2, -0.15) is 0 Å². The van der Waals surface area contributed by atoms with E-state index in [1.807, 2.05) is 44.2 Å². The zero-order valence-electron chi connectivity index (χ0n) is 15.0. The molecule has 8 nitrogen and oxygen atoms in total. The molecule has 0 spiro atoms. The summed E-state index contributed by atoms with van der Waals surface area (Å²) in [5.41, 5.74) is 2.03. The lowest BCUT2D eigenvalue weighted by atomic mass is 9.95. The van der Waals surface area contributed by atoms with Crippen LogP contribution < -0.4 is 5.32 Å². The Balaban J connectivity index is 1.84. The summed E-state index contributed by atoms with van der Waals surface area (Å²) < 4.78 is 10.3. The number of carbonyl (C=O) groups excluding carboxylic acids is 2. The summed E-state index contributed by atoms with van der Waals surface area (Å²) in [6.07, 6.45) is -0.808. The van der Waals surface area contributed by atoms with Gasteiger partial charge in [-0.3, -0.25) is 9.59 Å². The number of morpholine rings is 1. The molecule has 138 valence electrons. The van der Waals surface area contributed by atoms with E-state index in [0.29, 0.717) is 11.4 Å². The van der Waals surface area contributed by atoms with E-state index in [0.717, 1.165) is 5.56 Å². The lowest BCUT2D eigenvalue weighted by Gasteiger charge is -2.42. The molecule has 1 aliphatic heterocycles. The van der Waals surface area contributed by atoms with Gasteiger partial charge >= 0.3 is 0 Å². The summed E-state index contributed by atoms with van der Waals surface area (Å²) in [5.74, 6) is -0.436. The first-order valence-electron chi connectivity index (χ1n) is 8.52. The summed E-state index contributed by atoms with van der Waals surface area (Å²) >= 11 is 0. The highest BCUT2D eigenvalue weighted by Gasteiger charge is 2.42. The van der Waals surface area contributed by atoms with Gasteiger partial charge in [0.05, 0.1) is 12.6 Å². The Hall–Kier alpha value is -2.74. The van der Waals surface area contributed by atoms with E-state index in [1.54, 1.807) is 11.8 Å². The van der Waals surface area contributed by atoms with E-state index in [2.05, 4.69) is 20.3 Å². The highest BCUT2D eigenvalue weighted by molar-refractivity contribution is 5.86. The fraction of sp³-hybridized carbons (Fsp3) is 0.444. The summed E-state index contributed by atoms with van der Waals surface area (Å²) in [4.78, 5) is 26.9. The molecule has 1 aliphatic rings. The highest BCUT2D eigenvalue weighted by atomic mass is 16.6. The third-order valence-corrected chi connectivity index (χ3v) is 4.39. The molecule has 1 N–H and O–H groups in total. The van der Waals surface area contributed by atoms with Gasteiger partial charge in [-0.05, 0) is 26.3 Å². The van der Waals surface area contributed by atoms with Crippen LogP contribution in [0.25, 0.3) is 0 Å². The van der Waals surface area contributed by atoms with E-state index in [1.165, 1.54) is 0 Å². The SMILES string of the molecule is Cc1nonc1CNC(=O)C1OCC(=O)N(C(C)C)C1c1ccccc1. The number of carbonyl (C=O) groups is 2. The van der Waals surface area contributed by atoms with E-state index < -0.39 is 12.1 Å². The fourth-order valence-electron chi connectivity index (χ4n) is 3.12. The van der Waals surface area contributed by atoms with Crippen molar-refractivity contribution in [3.05, 3.63) is 47.3 Å². The third-order valence-electron chi connectivity index (χ3n) is 4.39. The molecule has 2 unspecified atom stereocenters. The first kappa shape index (κ1) is 18.1. The summed E-state index contributed by atoms with van der Waals surface area (Å²) in [5, 5.41) is 10.3. The number of aryl methyl sites for hydroxylation is 1. The predicted octanol–water partition coefficient (Wildman–Crippen LogP) is 1.37. The largest absolute Gasteiger partial charge is 0.356 e. The van der Waals surface area contributed by atoms with Gasteiger partial charge in [-0.25, -0.2) is 4.63 Å². The molecule has 26 heavy (non-hydrogen) atoms. The van der Waals surface area contributed by atoms with E-state index in [-0.39, 0.29) is 31.0 Å². The summed E-state index contributed by atoms with van der Waals surface area (Å²) in [6, 6.07) is 8.90. The van der Waals surface area contributed by atoms with Crippen LogP contribution in [0.5, 0.6) is 0 Å². The molecule has 2 aromatic rings. The van der Waals surface area contributed by atoms with Crippen LogP contribution in [0.3, 0.4) is 0 Å². The van der Waals surface area contributed by atoms with Crippen molar-refractivity contribution in [2.75, 3.05) is 6.61 Å². The maximum atomic E-state index is 12.8. The normalized spacial score (nSPS) is 20.5. The first-order valence-corrected chi connectivity index (χ1v) is 8.52. The van der Waals surface area contributed by atoms with Crippen LogP contribution >= 0.6 is 0 Å². The molecule has 0 saturated carbocycles. The number of ether oxygens (including phenoxy) is 1. The van der Waals surface area contributed by atoms with Gasteiger partial charge in [0, 0.05) is 6.04 Å². The van der Waals surface area contributed by atoms with Crippen molar-refractivity contribution in [3.8, 4) is 0 Å². The van der Waals surface area contributed by atoms with E-state index in [4.69, 9.17) is 4.74 Å². The lowest BCUT2D eigenvalue weighted by molar-refractivity contribution is -0.167. The number of amides is 2. The molecule has 1 aromatic heterocycles. The monoisotopic (exact) mass is 358 g/mol. The van der Waals surface area contributed by atoms with Crippen LogP contribution in [-0.4, -0.2) is 45.8 Å². The zero-order chi connectivity index (χ0) is 18.7. The van der Waals surface area contributed by atoms with Gasteiger partial charge in [-0.15, -0.1) is 0 Å². The summed E-state index contributed by atoms with van der Waals surface area (Å²) in [6.45, 7) is 5.67. The van der Waals surface area contributed by atoms with Gasteiger partial charge in [0.25, 0.3) is 5.91 Å². The number of rotatable bonds is 5. The standard InChI is InChI=1S/C18H22N4O4/c1-11(2)22-15(23)10-25-17(16(22)13-7-5-4-6-8-13)18(24)19-9-14-12(3)20-26-21-14/h4-8,11,16-17H,9-10H2,1-3H3,(H,19,24). The Morgan fingerprint density at radius 2 is 2.04 bits per heavy atom. The molecule has 1 saturated heterocycles. The fourth-order valence-corrected chi connectivity index (χ4v) is 3.12. The first-order chi connectivity index (χ1) is 12.5. The number of benzene rings is 1. The van der Waals surface area contributed by atoms with Crippen LogP contribution in [0, 0.1) is 6.92 Å². The molecule has 0 radical (unpaired) electrons. The minimum absolute atomic E-state index is 0.0612. The van der Waals surface area contributed by atoms with Crippen LogP contribution in [0.2, 0.25) is 0 Å². The van der Waals surface area contributed by atoms with Gasteiger partial charge in [0.15, 0.2) is 6.10 Å². The Bertz CT molecular complexity index is 775. The minimum Gasteiger partial charge on any atom is -0.356 e. The predicted molar refractivity (Wildman–Crippen MR) is 91.8 cm³/mol. The van der Waals surface area contributed by atoms with Crippen molar-refractivity contribution in [2.24, 2.45) is 0 Å². The van der Waals surface area contributed by atoms with Crippen molar-refractivity contribution in [3.63, 3.8) is 0 Å². The highest BCUT2D eigenvalue weighted by Crippen LogP contribution is 2.32. The molecule has 1 fully saturated rings. The van der Waals surface area contributed by atoms with Crippen LogP contribution in [-0.2, 0) is 20.9 Å². The molecule has 3 rings (SSSR count). The molecule has 0 aliphatic carbocycles. The van der Waals surface area contributed by atoms with Crippen LogP contribution in [0.15, 0.2) is 35.0 Å². The Kier molecular flexibility index (Phi) is 5.32. The van der Waals surface area contributed by atoms with Crippen molar-refractivity contribution >= 4 is 11.8 Å². The Morgan fingerprint density at radius 3 is 2.65 bits per heavy atom. The topological polar surface area (TPSA) is 97.6 Å². The second kappa shape index (κ2) is 7.65. The van der Waals surface area contributed by atoms with Gasteiger partial charge < -0.3 is 15.0 Å². The van der Waals surface area contributed by atoms with Crippen molar-refractivity contribution in [1.29, 1.82) is 0 Å². The quantitative estimate of drug-likeness (QED) is 0.867. The van der Waals surface area contributed by atoms with Crippen LogP contribution in [0.4, 0.5) is 0 Å². The van der Waals surface area contributed by atoms with Crippen molar-refractivity contribution in [1.82, 2.24) is 20.5 Å². The minimum atomic E-state index is -0.808. The molecular formula is C18H22N4O4. The number of aromatic nitrogens is 2. The van der Waals surface area contributed by atoms with Crippen molar-refractivity contribution < 1.29 is 19.0 Å². The Morgan fingerprint density at radius 1 is 1.31 bits per heavy atom. The van der Waals surface area contributed by atoms with Gasteiger partial charge in [0.1, 0.15) is 18.0 Å². The number of hydrogen-bond acceptors (Lipinski definition) is 6. The molecule has 2 heterocycles. The average Bonchev–Trinajstić information content (AvgIpc) is 3.04. The third kappa shape index (κ3) is 3.60. The molecule has 1 aromatic carbocycles. The molecule has 2 atom stereocenters. The summed E-state index contributed by atoms with van der Waals surface area (Å²) in [7, 11) is 0. The maximum Gasteiger partial charge on any atom is 0.252 e.